The Morgan fingerprint density at radius 2 is 1.62 bits per heavy atom. The first-order valence-corrected chi connectivity index (χ1v) is 6.80. The number of unbranched alkanes of at least 4 members (excludes halogenated alkanes) is 3. The molecule has 7 heteroatoms. The normalized spacial score (nSPS) is 9.90. The summed E-state index contributed by atoms with van der Waals surface area (Å²) in [5.41, 5.74) is 0. The predicted octanol–water partition coefficient (Wildman–Crippen LogP) is 2.31. The van der Waals surface area contributed by atoms with E-state index in [-0.39, 0.29) is 11.5 Å². The van der Waals surface area contributed by atoms with Gasteiger partial charge in [-0.2, -0.15) is 0 Å². The molecule has 0 radical (unpaired) electrons. The third kappa shape index (κ3) is 7.66. The van der Waals surface area contributed by atoms with Crippen LogP contribution in [0.15, 0.2) is 24.3 Å². The lowest BCUT2D eigenvalue weighted by Gasteiger charge is -2.07. The van der Waals surface area contributed by atoms with Gasteiger partial charge in [0, 0.05) is 13.1 Å². The Bertz CT molecular complexity index is 464. The molecule has 0 bridgehead atoms. The van der Waals surface area contributed by atoms with Crippen LogP contribution in [-0.4, -0.2) is 35.5 Å². The van der Waals surface area contributed by atoms with Gasteiger partial charge in [-0.3, -0.25) is 0 Å². The van der Waals surface area contributed by atoms with E-state index in [4.69, 9.17) is 9.84 Å². The molecule has 21 heavy (non-hydrogen) atoms. The second kappa shape index (κ2) is 9.46. The third-order valence-corrected chi connectivity index (χ3v) is 2.72. The number of rotatable bonds is 8. The number of phenols is 1. The van der Waals surface area contributed by atoms with Crippen molar-refractivity contribution >= 4 is 12.2 Å². The quantitative estimate of drug-likeness (QED) is 0.551. The van der Waals surface area contributed by atoms with Crippen LogP contribution in [0.4, 0.5) is 9.59 Å². The molecule has 0 heterocycles. The van der Waals surface area contributed by atoms with Crippen molar-refractivity contribution in [2.24, 2.45) is 0 Å². The molecule has 0 saturated heterocycles. The fraction of sp³-hybridized carbons (Fsp3) is 0.429. The van der Waals surface area contributed by atoms with Crippen LogP contribution in [0, 0.1) is 0 Å². The van der Waals surface area contributed by atoms with Gasteiger partial charge < -0.3 is 25.6 Å². The van der Waals surface area contributed by atoms with Crippen molar-refractivity contribution in [1.29, 1.82) is 0 Å². The summed E-state index contributed by atoms with van der Waals surface area (Å²) in [6, 6.07) is 6.24. The Kier molecular flexibility index (Phi) is 7.49. The maximum absolute atomic E-state index is 11.5. The van der Waals surface area contributed by atoms with E-state index in [2.05, 4.69) is 10.6 Å². The van der Waals surface area contributed by atoms with Gasteiger partial charge in [-0.05, 0) is 25.0 Å². The molecule has 0 saturated carbocycles. The molecular weight excluding hydrogens is 276 g/mol. The smallest absolute Gasteiger partial charge is 0.412 e. The summed E-state index contributed by atoms with van der Waals surface area (Å²) in [5.74, 6) is 0.0355. The number of carbonyl (C=O) groups excluding carboxylic acids is 1. The summed E-state index contributed by atoms with van der Waals surface area (Å²) in [4.78, 5) is 21.6. The minimum atomic E-state index is -1.01. The zero-order valence-electron chi connectivity index (χ0n) is 11.7. The van der Waals surface area contributed by atoms with Crippen LogP contribution in [0.25, 0.3) is 0 Å². The van der Waals surface area contributed by atoms with Gasteiger partial charge in [-0.15, -0.1) is 0 Å². The molecule has 0 spiro atoms. The monoisotopic (exact) mass is 296 g/mol. The van der Waals surface area contributed by atoms with Crippen molar-refractivity contribution in [1.82, 2.24) is 10.6 Å². The zero-order chi connectivity index (χ0) is 15.5. The van der Waals surface area contributed by atoms with Gasteiger partial charge in [0.05, 0.1) is 0 Å². The fourth-order valence-corrected chi connectivity index (χ4v) is 1.67. The first kappa shape index (κ1) is 16.6. The van der Waals surface area contributed by atoms with E-state index < -0.39 is 12.2 Å². The first-order valence-electron chi connectivity index (χ1n) is 6.80. The summed E-state index contributed by atoms with van der Waals surface area (Å²) in [7, 11) is 0. The molecule has 0 atom stereocenters. The molecule has 0 aromatic heterocycles. The van der Waals surface area contributed by atoms with Crippen LogP contribution in [-0.2, 0) is 0 Å². The van der Waals surface area contributed by atoms with Crippen molar-refractivity contribution in [2.75, 3.05) is 13.1 Å². The molecule has 1 rings (SSSR count). The molecule has 1 aromatic rings. The van der Waals surface area contributed by atoms with Gasteiger partial charge in [0.15, 0.2) is 11.5 Å². The highest BCUT2D eigenvalue weighted by Gasteiger charge is 2.06. The standard InChI is InChI=1S/C14H20N2O5/c17-11-7-3-4-8-12(11)21-14(20)16-10-6-2-1-5-9-15-13(18)19/h3-4,7-8,15,17H,1-2,5-6,9-10H2,(H,16,20)(H,18,19). The predicted molar refractivity (Wildman–Crippen MR) is 76.6 cm³/mol. The molecule has 0 aliphatic heterocycles. The topological polar surface area (TPSA) is 108 Å². The number of benzene rings is 1. The van der Waals surface area contributed by atoms with Gasteiger partial charge in [-0.1, -0.05) is 25.0 Å². The zero-order valence-corrected chi connectivity index (χ0v) is 11.7. The lowest BCUT2D eigenvalue weighted by molar-refractivity contribution is 0.193. The average molecular weight is 296 g/mol. The SMILES string of the molecule is O=C(O)NCCCCCCNC(=O)Oc1ccccc1O. The summed E-state index contributed by atoms with van der Waals surface area (Å²) in [6.45, 7) is 0.914. The van der Waals surface area contributed by atoms with E-state index in [1.54, 1.807) is 12.1 Å². The maximum atomic E-state index is 11.5. The van der Waals surface area contributed by atoms with Crippen molar-refractivity contribution in [3.05, 3.63) is 24.3 Å². The van der Waals surface area contributed by atoms with Crippen LogP contribution in [0.3, 0.4) is 0 Å². The highest BCUT2D eigenvalue weighted by Crippen LogP contribution is 2.24. The summed E-state index contributed by atoms with van der Waals surface area (Å²) in [5, 5.41) is 22.7. The highest BCUT2D eigenvalue weighted by molar-refractivity contribution is 5.71. The Labute approximate surface area is 122 Å². The number of ether oxygens (including phenoxy) is 1. The number of hydrogen-bond donors (Lipinski definition) is 4. The molecule has 0 fully saturated rings. The highest BCUT2D eigenvalue weighted by atomic mass is 16.6. The first-order chi connectivity index (χ1) is 10.1. The third-order valence-electron chi connectivity index (χ3n) is 2.72. The van der Waals surface area contributed by atoms with Crippen LogP contribution in [0.2, 0.25) is 0 Å². The summed E-state index contributed by atoms with van der Waals surface area (Å²) in [6.07, 6.45) is 1.71. The molecule has 7 nitrogen and oxygen atoms in total. The minimum absolute atomic E-state index is 0.0846. The van der Waals surface area contributed by atoms with Gasteiger partial charge >= 0.3 is 12.2 Å². The molecule has 0 unspecified atom stereocenters. The van der Waals surface area contributed by atoms with Crippen molar-refractivity contribution in [3.8, 4) is 11.5 Å². The number of hydrogen-bond acceptors (Lipinski definition) is 4. The summed E-state index contributed by atoms with van der Waals surface area (Å²) < 4.78 is 4.94. The van der Waals surface area contributed by atoms with Crippen molar-refractivity contribution in [3.63, 3.8) is 0 Å². The number of aromatic hydroxyl groups is 1. The molecule has 116 valence electrons. The Hall–Kier alpha value is -2.44. The number of nitrogens with one attached hydrogen (secondary N) is 2. The van der Waals surface area contributed by atoms with Crippen LogP contribution in [0.1, 0.15) is 25.7 Å². The average Bonchev–Trinajstić information content (AvgIpc) is 2.44. The molecule has 1 aromatic carbocycles. The van der Waals surface area contributed by atoms with Gasteiger partial charge in [0.1, 0.15) is 0 Å². The van der Waals surface area contributed by atoms with E-state index in [1.807, 2.05) is 0 Å². The Morgan fingerprint density at radius 3 is 2.24 bits per heavy atom. The largest absolute Gasteiger partial charge is 0.504 e. The van der Waals surface area contributed by atoms with Gasteiger partial charge in [0.25, 0.3) is 0 Å². The molecule has 4 N–H and O–H groups in total. The Morgan fingerprint density at radius 1 is 1.00 bits per heavy atom. The second-order valence-electron chi connectivity index (χ2n) is 4.43. The molecule has 0 aliphatic carbocycles. The summed E-state index contributed by atoms with van der Waals surface area (Å²) >= 11 is 0. The minimum Gasteiger partial charge on any atom is -0.504 e. The molecule has 2 amide bonds. The van der Waals surface area contributed by atoms with E-state index in [1.165, 1.54) is 12.1 Å². The number of para-hydroxylation sites is 2. The maximum Gasteiger partial charge on any atom is 0.412 e. The van der Waals surface area contributed by atoms with Gasteiger partial charge in [0.2, 0.25) is 0 Å². The lowest BCUT2D eigenvalue weighted by Crippen LogP contribution is -2.27. The van der Waals surface area contributed by atoms with Crippen LogP contribution >= 0.6 is 0 Å². The van der Waals surface area contributed by atoms with Crippen LogP contribution in [0.5, 0.6) is 11.5 Å². The van der Waals surface area contributed by atoms with Crippen LogP contribution < -0.4 is 15.4 Å². The lowest BCUT2D eigenvalue weighted by atomic mass is 10.2. The van der Waals surface area contributed by atoms with Crippen molar-refractivity contribution in [2.45, 2.75) is 25.7 Å². The van der Waals surface area contributed by atoms with E-state index in [0.29, 0.717) is 13.1 Å². The Balaban J connectivity index is 2.04. The van der Waals surface area contributed by atoms with Gasteiger partial charge in [-0.25, -0.2) is 9.59 Å². The number of phenolic OH excluding ortho intramolecular Hbond substituents is 1. The van der Waals surface area contributed by atoms with E-state index in [0.717, 1.165) is 25.7 Å². The van der Waals surface area contributed by atoms with E-state index in [9.17, 15) is 14.7 Å². The van der Waals surface area contributed by atoms with Crippen molar-refractivity contribution < 1.29 is 24.5 Å². The number of carboxylic acid groups (broad SMARTS) is 1. The number of carbonyl (C=O) groups is 2. The number of amides is 2. The second-order valence-corrected chi connectivity index (χ2v) is 4.43. The van der Waals surface area contributed by atoms with E-state index >= 15 is 0 Å². The molecule has 0 aliphatic rings. The fourth-order valence-electron chi connectivity index (χ4n) is 1.67. The molecular formula is C14H20N2O5.